The predicted molar refractivity (Wildman–Crippen MR) is 129 cm³/mol. The lowest BCUT2D eigenvalue weighted by molar-refractivity contribution is -0.137. The van der Waals surface area contributed by atoms with Crippen molar-refractivity contribution < 1.29 is 9.53 Å². The van der Waals surface area contributed by atoms with Gasteiger partial charge in [0.15, 0.2) is 0 Å². The number of hydrogen-bond donors (Lipinski definition) is 0. The van der Waals surface area contributed by atoms with Gasteiger partial charge in [0, 0.05) is 11.5 Å². The van der Waals surface area contributed by atoms with Crippen molar-refractivity contribution in [3.8, 4) is 6.07 Å². The van der Waals surface area contributed by atoms with Crippen LogP contribution in [0.3, 0.4) is 0 Å². The third kappa shape index (κ3) is 7.72. The number of nitrogens with zero attached hydrogens (tertiary/aromatic N) is 1. The molecule has 0 N–H and O–H groups in total. The molecule has 0 saturated carbocycles. The van der Waals surface area contributed by atoms with E-state index in [-0.39, 0.29) is 16.8 Å². The Morgan fingerprint density at radius 1 is 0.903 bits per heavy atom. The number of hydrogen-bond acceptors (Lipinski definition) is 3. The van der Waals surface area contributed by atoms with E-state index in [0.717, 1.165) is 5.56 Å². The molecule has 0 bridgehead atoms. The third-order valence-corrected chi connectivity index (χ3v) is 5.68. The normalized spacial score (nSPS) is 11.5. The Labute approximate surface area is 188 Å². The Morgan fingerprint density at radius 2 is 1.39 bits per heavy atom. The maximum absolute atomic E-state index is 11.3. The SMILES string of the molecule is CCOC(=O)/C=C/C(C)(C)c1ccc(C)c(C)c1.Cc1ccc(C(C)(C)C#N)cc1C. The lowest BCUT2D eigenvalue weighted by atomic mass is 9.83. The van der Waals surface area contributed by atoms with Gasteiger partial charge >= 0.3 is 5.97 Å². The highest BCUT2D eigenvalue weighted by Crippen LogP contribution is 2.26. The number of carbonyl (C=O) groups excluding carboxylic acids is 1. The summed E-state index contributed by atoms with van der Waals surface area (Å²) in [5.41, 5.74) is 6.82. The second-order valence-corrected chi connectivity index (χ2v) is 9.14. The summed E-state index contributed by atoms with van der Waals surface area (Å²) in [6, 6.07) is 14.9. The number of ether oxygens (including phenoxy) is 1. The molecule has 2 aromatic rings. The highest BCUT2D eigenvalue weighted by atomic mass is 16.5. The molecule has 0 unspecified atom stereocenters. The van der Waals surface area contributed by atoms with E-state index in [1.807, 2.05) is 26.0 Å². The van der Waals surface area contributed by atoms with E-state index in [1.165, 1.54) is 33.9 Å². The van der Waals surface area contributed by atoms with Gasteiger partial charge in [-0.2, -0.15) is 5.26 Å². The molecule has 0 aromatic heterocycles. The van der Waals surface area contributed by atoms with Crippen LogP contribution < -0.4 is 0 Å². The lowest BCUT2D eigenvalue weighted by Gasteiger charge is -2.22. The summed E-state index contributed by atoms with van der Waals surface area (Å²) in [5, 5.41) is 8.96. The maximum Gasteiger partial charge on any atom is 0.330 e. The molecular formula is C28H37NO2. The molecule has 0 amide bonds. The maximum atomic E-state index is 11.3. The summed E-state index contributed by atoms with van der Waals surface area (Å²) in [5.74, 6) is -0.283. The molecule has 0 fully saturated rings. The molecular weight excluding hydrogens is 382 g/mol. The third-order valence-electron chi connectivity index (χ3n) is 5.68. The largest absolute Gasteiger partial charge is 0.463 e. The molecule has 2 aromatic carbocycles. The lowest BCUT2D eigenvalue weighted by Crippen LogP contribution is -2.15. The minimum absolute atomic E-state index is 0.175. The quantitative estimate of drug-likeness (QED) is 0.395. The van der Waals surface area contributed by atoms with Crippen LogP contribution in [0.2, 0.25) is 0 Å². The Kier molecular flexibility index (Phi) is 9.25. The van der Waals surface area contributed by atoms with Crippen molar-refractivity contribution in [3.63, 3.8) is 0 Å². The number of nitriles is 1. The second-order valence-electron chi connectivity index (χ2n) is 9.14. The minimum atomic E-state index is -0.377. The number of esters is 1. The summed E-state index contributed by atoms with van der Waals surface area (Å²) in [7, 11) is 0. The number of carbonyl (C=O) groups is 1. The van der Waals surface area contributed by atoms with Gasteiger partial charge in [-0.25, -0.2) is 4.79 Å². The van der Waals surface area contributed by atoms with Crippen molar-refractivity contribution in [2.24, 2.45) is 0 Å². The average Bonchev–Trinajstić information content (AvgIpc) is 2.71. The van der Waals surface area contributed by atoms with Crippen molar-refractivity contribution in [2.75, 3.05) is 6.61 Å². The smallest absolute Gasteiger partial charge is 0.330 e. The predicted octanol–water partition coefficient (Wildman–Crippen LogP) is 6.80. The molecule has 31 heavy (non-hydrogen) atoms. The van der Waals surface area contributed by atoms with E-state index in [1.54, 1.807) is 6.92 Å². The highest BCUT2D eigenvalue weighted by Gasteiger charge is 2.19. The van der Waals surface area contributed by atoms with E-state index in [0.29, 0.717) is 6.61 Å². The van der Waals surface area contributed by atoms with Crippen molar-refractivity contribution in [3.05, 3.63) is 81.9 Å². The van der Waals surface area contributed by atoms with Gasteiger partial charge in [-0.3, -0.25) is 0 Å². The fourth-order valence-electron chi connectivity index (χ4n) is 2.90. The molecule has 0 heterocycles. The van der Waals surface area contributed by atoms with E-state index < -0.39 is 0 Å². The number of rotatable bonds is 5. The minimum Gasteiger partial charge on any atom is -0.463 e. The Morgan fingerprint density at radius 3 is 1.84 bits per heavy atom. The van der Waals surface area contributed by atoms with Crippen LogP contribution >= 0.6 is 0 Å². The molecule has 3 heteroatoms. The molecule has 0 atom stereocenters. The Hall–Kier alpha value is -2.86. The van der Waals surface area contributed by atoms with Gasteiger partial charge in [-0.05, 0) is 81.8 Å². The molecule has 0 spiro atoms. The molecule has 0 aliphatic heterocycles. The van der Waals surface area contributed by atoms with Crippen molar-refractivity contribution in [2.45, 2.75) is 73.1 Å². The monoisotopic (exact) mass is 419 g/mol. The first kappa shape index (κ1) is 26.2. The molecule has 2 rings (SSSR count). The second kappa shape index (κ2) is 11.0. The zero-order valence-corrected chi connectivity index (χ0v) is 20.6. The number of benzene rings is 2. The van der Waals surface area contributed by atoms with Gasteiger partial charge in [-0.15, -0.1) is 0 Å². The molecule has 0 aliphatic carbocycles. The number of aryl methyl sites for hydroxylation is 4. The first-order valence-electron chi connectivity index (χ1n) is 10.8. The molecule has 0 radical (unpaired) electrons. The van der Waals surface area contributed by atoms with E-state index in [9.17, 15) is 4.79 Å². The van der Waals surface area contributed by atoms with E-state index in [4.69, 9.17) is 10.00 Å². The summed E-state index contributed by atoms with van der Waals surface area (Å²) < 4.78 is 4.89. The summed E-state index contributed by atoms with van der Waals surface area (Å²) in [4.78, 5) is 11.3. The van der Waals surface area contributed by atoms with Crippen LogP contribution in [-0.2, 0) is 20.4 Å². The molecule has 166 valence electrons. The van der Waals surface area contributed by atoms with Crippen LogP contribution in [0.15, 0.2) is 48.6 Å². The summed E-state index contributed by atoms with van der Waals surface area (Å²) in [6.45, 7) is 18.6. The van der Waals surface area contributed by atoms with Crippen LogP contribution in [-0.4, -0.2) is 12.6 Å². The topological polar surface area (TPSA) is 50.1 Å². The fraction of sp³-hybridized carbons (Fsp3) is 0.429. The van der Waals surface area contributed by atoms with Crippen LogP contribution in [0.1, 0.15) is 68.0 Å². The van der Waals surface area contributed by atoms with E-state index >= 15 is 0 Å². The first-order valence-corrected chi connectivity index (χ1v) is 10.8. The van der Waals surface area contributed by atoms with Gasteiger partial charge in [-0.1, -0.05) is 56.3 Å². The van der Waals surface area contributed by atoms with Crippen LogP contribution in [0.25, 0.3) is 0 Å². The first-order chi connectivity index (χ1) is 14.3. The standard InChI is InChI=1S/C16H22O2.C12H15N/c1-6-18-15(17)9-10-16(4,5)14-8-7-12(2)13(3)11-14;1-9-5-6-11(7-10(9)2)12(3,4)8-13/h7-11H,6H2,1-5H3;5-7H,1-4H3/b10-9+;. The molecule has 0 saturated heterocycles. The zero-order valence-electron chi connectivity index (χ0n) is 20.6. The average molecular weight is 420 g/mol. The summed E-state index contributed by atoms with van der Waals surface area (Å²) in [6.07, 6.45) is 3.41. The summed E-state index contributed by atoms with van der Waals surface area (Å²) >= 11 is 0. The van der Waals surface area contributed by atoms with Crippen LogP contribution in [0, 0.1) is 39.0 Å². The zero-order chi connectivity index (χ0) is 23.8. The Balaban J connectivity index is 0.000000327. The molecule has 0 aliphatic rings. The van der Waals surface area contributed by atoms with Crippen molar-refractivity contribution in [1.82, 2.24) is 0 Å². The fourth-order valence-corrected chi connectivity index (χ4v) is 2.90. The van der Waals surface area contributed by atoms with Gasteiger partial charge in [0.05, 0.1) is 18.1 Å². The van der Waals surface area contributed by atoms with Gasteiger partial charge in [0.1, 0.15) is 0 Å². The van der Waals surface area contributed by atoms with Crippen LogP contribution in [0.4, 0.5) is 0 Å². The van der Waals surface area contributed by atoms with Gasteiger partial charge in [0.2, 0.25) is 0 Å². The van der Waals surface area contributed by atoms with E-state index in [2.05, 4.69) is 77.9 Å². The van der Waals surface area contributed by atoms with Crippen molar-refractivity contribution >= 4 is 5.97 Å². The Bertz CT molecular complexity index is 975. The highest BCUT2D eigenvalue weighted by molar-refractivity contribution is 5.82. The number of allylic oxidation sites excluding steroid dienone is 1. The van der Waals surface area contributed by atoms with Crippen molar-refractivity contribution in [1.29, 1.82) is 5.26 Å². The van der Waals surface area contributed by atoms with Crippen LogP contribution in [0.5, 0.6) is 0 Å². The molecule has 3 nitrogen and oxygen atoms in total. The van der Waals surface area contributed by atoms with Gasteiger partial charge in [0.25, 0.3) is 0 Å². The van der Waals surface area contributed by atoms with Gasteiger partial charge < -0.3 is 4.74 Å².